The minimum atomic E-state index is -0.502. The molecule has 2 atom stereocenters. The van der Waals surface area contributed by atoms with E-state index in [9.17, 15) is 9.59 Å². The average molecular weight is 333 g/mol. The van der Waals surface area contributed by atoms with Gasteiger partial charge in [-0.3, -0.25) is 0 Å². The fraction of sp³-hybridized carbons (Fsp3) is 0.471. The van der Waals surface area contributed by atoms with Crippen molar-refractivity contribution in [1.82, 2.24) is 9.55 Å². The van der Waals surface area contributed by atoms with Gasteiger partial charge < -0.3 is 19.8 Å². The number of rotatable bonds is 6. The van der Waals surface area contributed by atoms with Crippen molar-refractivity contribution in [3.8, 4) is 0 Å². The monoisotopic (exact) mass is 333 g/mol. The first-order chi connectivity index (χ1) is 11.4. The van der Waals surface area contributed by atoms with E-state index in [-0.39, 0.29) is 31.0 Å². The lowest BCUT2D eigenvalue weighted by atomic mass is 10.2. The smallest absolute Gasteiger partial charge is 0.356 e. The van der Waals surface area contributed by atoms with Crippen LogP contribution in [0.4, 0.5) is 0 Å². The maximum atomic E-state index is 12.3. The molecule has 24 heavy (non-hydrogen) atoms. The van der Waals surface area contributed by atoms with Crippen molar-refractivity contribution in [3.05, 3.63) is 29.6 Å². The first kappa shape index (κ1) is 17.9. The summed E-state index contributed by atoms with van der Waals surface area (Å²) in [5.41, 5.74) is 7.08. The molecule has 0 spiro atoms. The molecule has 2 rings (SSSR count). The van der Waals surface area contributed by atoms with Gasteiger partial charge in [0.15, 0.2) is 5.69 Å². The van der Waals surface area contributed by atoms with Gasteiger partial charge in [-0.15, -0.1) is 0 Å². The predicted molar refractivity (Wildman–Crippen MR) is 90.0 cm³/mol. The van der Waals surface area contributed by atoms with Crippen LogP contribution in [-0.4, -0.2) is 40.7 Å². The van der Waals surface area contributed by atoms with Crippen molar-refractivity contribution in [2.24, 2.45) is 5.73 Å². The number of hydrogen-bond donors (Lipinski definition) is 1. The Bertz CT molecular complexity index is 752. The predicted octanol–water partition coefficient (Wildman–Crippen LogP) is 2.30. The van der Waals surface area contributed by atoms with Gasteiger partial charge in [0, 0.05) is 17.5 Å². The van der Waals surface area contributed by atoms with Crippen molar-refractivity contribution >= 4 is 23.0 Å². The highest BCUT2D eigenvalue weighted by Gasteiger charge is 2.24. The molecule has 0 amide bonds. The normalized spacial score (nSPS) is 13.5. The second-order valence-corrected chi connectivity index (χ2v) is 5.55. The fourth-order valence-corrected chi connectivity index (χ4v) is 2.42. The van der Waals surface area contributed by atoms with Crippen LogP contribution in [-0.2, 0) is 9.47 Å². The number of fused-ring (bicyclic) bond motifs is 1. The molecule has 7 nitrogen and oxygen atoms in total. The van der Waals surface area contributed by atoms with Crippen molar-refractivity contribution in [1.29, 1.82) is 0 Å². The van der Waals surface area contributed by atoms with Gasteiger partial charge in [-0.2, -0.15) is 0 Å². The largest absolute Gasteiger partial charge is 0.461 e. The van der Waals surface area contributed by atoms with E-state index in [1.165, 1.54) is 0 Å². The Morgan fingerprint density at radius 1 is 1.17 bits per heavy atom. The summed E-state index contributed by atoms with van der Waals surface area (Å²) < 4.78 is 11.8. The van der Waals surface area contributed by atoms with Gasteiger partial charge in [0.1, 0.15) is 11.3 Å². The zero-order valence-corrected chi connectivity index (χ0v) is 14.4. The maximum absolute atomic E-state index is 12.3. The number of carbonyl (C=O) groups is 2. The summed E-state index contributed by atoms with van der Waals surface area (Å²) >= 11 is 0. The van der Waals surface area contributed by atoms with Crippen LogP contribution < -0.4 is 5.73 Å². The van der Waals surface area contributed by atoms with Crippen LogP contribution in [0.5, 0.6) is 0 Å². The Morgan fingerprint density at radius 2 is 1.79 bits per heavy atom. The fourth-order valence-electron chi connectivity index (χ4n) is 2.42. The third-order valence-corrected chi connectivity index (χ3v) is 3.82. The van der Waals surface area contributed by atoms with E-state index in [1.54, 1.807) is 36.6 Å². The molecule has 0 aliphatic heterocycles. The Kier molecular flexibility index (Phi) is 5.56. The summed E-state index contributed by atoms with van der Waals surface area (Å²) in [4.78, 5) is 28.6. The summed E-state index contributed by atoms with van der Waals surface area (Å²) in [6, 6.07) is 4.60. The van der Waals surface area contributed by atoms with E-state index in [1.807, 2.05) is 13.8 Å². The molecule has 0 aliphatic carbocycles. The lowest BCUT2D eigenvalue weighted by molar-refractivity contribution is 0.0507. The molecule has 0 fully saturated rings. The molecule has 2 aromatic heterocycles. The van der Waals surface area contributed by atoms with Gasteiger partial charge in [0.25, 0.3) is 0 Å². The lowest BCUT2D eigenvalue weighted by Crippen LogP contribution is -2.29. The Balaban J connectivity index is 2.63. The molecule has 2 aromatic rings. The van der Waals surface area contributed by atoms with E-state index in [4.69, 9.17) is 15.2 Å². The van der Waals surface area contributed by atoms with Crippen molar-refractivity contribution in [2.75, 3.05) is 13.2 Å². The first-order valence-corrected chi connectivity index (χ1v) is 8.02. The van der Waals surface area contributed by atoms with E-state index < -0.39 is 11.9 Å². The minimum Gasteiger partial charge on any atom is -0.461 e. The van der Waals surface area contributed by atoms with E-state index >= 15 is 0 Å². The van der Waals surface area contributed by atoms with Crippen LogP contribution in [0, 0.1) is 0 Å². The van der Waals surface area contributed by atoms with E-state index in [0.29, 0.717) is 11.3 Å². The summed E-state index contributed by atoms with van der Waals surface area (Å²) in [5.74, 6) is -0.945. The molecule has 0 aliphatic rings. The Morgan fingerprint density at radius 3 is 2.38 bits per heavy atom. The minimum absolute atomic E-state index is 0.191. The molecule has 0 saturated carbocycles. The number of nitrogens with two attached hydrogens (primary N) is 1. The van der Waals surface area contributed by atoms with Crippen LogP contribution in [0.1, 0.15) is 54.7 Å². The third kappa shape index (κ3) is 3.41. The Labute approximate surface area is 140 Å². The standard InChI is InChI=1S/C17H23N3O4/c1-5-23-16(21)13-8-7-12-9-14(17(22)24-6-2)20(15(12)19-13)11(4)10(3)18/h7-11H,5-6,18H2,1-4H3. The van der Waals surface area contributed by atoms with Crippen molar-refractivity contribution in [2.45, 2.75) is 39.8 Å². The lowest BCUT2D eigenvalue weighted by Gasteiger charge is -2.21. The molecular formula is C17H23N3O4. The second kappa shape index (κ2) is 7.44. The van der Waals surface area contributed by atoms with Crippen LogP contribution in [0.25, 0.3) is 11.0 Å². The van der Waals surface area contributed by atoms with Crippen LogP contribution in [0.3, 0.4) is 0 Å². The third-order valence-electron chi connectivity index (χ3n) is 3.82. The number of nitrogens with zero attached hydrogens (tertiary/aromatic N) is 2. The summed E-state index contributed by atoms with van der Waals surface area (Å²) in [7, 11) is 0. The van der Waals surface area contributed by atoms with Crippen LogP contribution in [0.2, 0.25) is 0 Å². The number of esters is 2. The highest BCUT2D eigenvalue weighted by atomic mass is 16.5. The number of pyridine rings is 1. The highest BCUT2D eigenvalue weighted by molar-refractivity contribution is 5.96. The van der Waals surface area contributed by atoms with Gasteiger partial charge in [0.05, 0.1) is 13.2 Å². The molecular weight excluding hydrogens is 310 g/mol. The van der Waals surface area contributed by atoms with Crippen LogP contribution in [0.15, 0.2) is 18.2 Å². The van der Waals surface area contributed by atoms with E-state index in [2.05, 4.69) is 4.98 Å². The number of hydrogen-bond acceptors (Lipinski definition) is 6. The van der Waals surface area contributed by atoms with E-state index in [0.717, 1.165) is 5.39 Å². The SMILES string of the molecule is CCOC(=O)c1ccc2cc(C(=O)OCC)n(C(C)C(C)N)c2n1. The van der Waals surface area contributed by atoms with Gasteiger partial charge in [-0.05, 0) is 45.9 Å². The summed E-state index contributed by atoms with van der Waals surface area (Å²) in [5, 5.41) is 0.735. The second-order valence-electron chi connectivity index (χ2n) is 5.55. The highest BCUT2D eigenvalue weighted by Crippen LogP contribution is 2.25. The van der Waals surface area contributed by atoms with Gasteiger partial charge in [-0.25, -0.2) is 14.6 Å². The quantitative estimate of drug-likeness (QED) is 0.815. The first-order valence-electron chi connectivity index (χ1n) is 8.02. The summed E-state index contributed by atoms with van der Waals surface area (Å²) in [6.45, 7) is 7.76. The molecule has 0 bridgehead atoms. The average Bonchev–Trinajstić information content (AvgIpc) is 2.92. The Hall–Kier alpha value is -2.41. The number of ether oxygens (including phenoxy) is 2. The zero-order chi connectivity index (χ0) is 17.9. The molecule has 0 saturated heterocycles. The summed E-state index contributed by atoms with van der Waals surface area (Å²) in [6.07, 6.45) is 0. The molecule has 7 heteroatoms. The molecule has 2 heterocycles. The van der Waals surface area contributed by atoms with Gasteiger partial charge in [0.2, 0.25) is 0 Å². The van der Waals surface area contributed by atoms with Crippen molar-refractivity contribution < 1.29 is 19.1 Å². The van der Waals surface area contributed by atoms with Crippen LogP contribution >= 0.6 is 0 Å². The molecule has 2 unspecified atom stereocenters. The zero-order valence-electron chi connectivity index (χ0n) is 14.4. The number of carbonyl (C=O) groups excluding carboxylic acids is 2. The topological polar surface area (TPSA) is 96.4 Å². The van der Waals surface area contributed by atoms with Gasteiger partial charge in [-0.1, -0.05) is 0 Å². The molecule has 0 radical (unpaired) electrons. The molecule has 130 valence electrons. The van der Waals surface area contributed by atoms with Crippen molar-refractivity contribution in [3.63, 3.8) is 0 Å². The molecule has 0 aromatic carbocycles. The maximum Gasteiger partial charge on any atom is 0.356 e. The molecule has 2 N–H and O–H groups in total. The van der Waals surface area contributed by atoms with Gasteiger partial charge >= 0.3 is 11.9 Å². The number of aromatic nitrogens is 2.